The van der Waals surface area contributed by atoms with Crippen LogP contribution in [0.1, 0.15) is 37.9 Å². The van der Waals surface area contributed by atoms with Gasteiger partial charge in [-0.3, -0.25) is 0 Å². The van der Waals surface area contributed by atoms with Gasteiger partial charge in [-0.05, 0) is 57.2 Å². The lowest BCUT2D eigenvalue weighted by Crippen LogP contribution is -2.33. The Hall–Kier alpha value is -1.09. The van der Waals surface area contributed by atoms with Gasteiger partial charge < -0.3 is 10.6 Å². The zero-order chi connectivity index (χ0) is 12.4. The van der Waals surface area contributed by atoms with Crippen molar-refractivity contribution in [3.05, 3.63) is 23.4 Å². The second-order valence-corrected chi connectivity index (χ2v) is 5.37. The smallest absolute Gasteiger partial charge is 0.129 e. The van der Waals surface area contributed by atoms with Gasteiger partial charge in [0.1, 0.15) is 5.82 Å². The maximum atomic E-state index is 5.73. The van der Waals surface area contributed by atoms with Crippen molar-refractivity contribution in [2.45, 2.75) is 46.2 Å². The highest BCUT2D eigenvalue weighted by Crippen LogP contribution is 2.32. The normalized spacial score (nSPS) is 15.4. The van der Waals surface area contributed by atoms with Gasteiger partial charge in [0.05, 0.1) is 0 Å². The van der Waals surface area contributed by atoms with E-state index >= 15 is 0 Å². The standard InChI is InChI=1S/C14H23N3/c1-10(2)17(9-12-4-5-12)14-7-13(8-15)6-11(3)16-14/h6-7,10,12H,4-5,8-9,15H2,1-3H3. The van der Waals surface area contributed by atoms with E-state index in [1.165, 1.54) is 18.4 Å². The lowest BCUT2D eigenvalue weighted by molar-refractivity contribution is 0.635. The Labute approximate surface area is 104 Å². The maximum Gasteiger partial charge on any atom is 0.129 e. The summed E-state index contributed by atoms with van der Waals surface area (Å²) < 4.78 is 0. The van der Waals surface area contributed by atoms with Crippen LogP contribution < -0.4 is 10.6 Å². The number of aryl methyl sites for hydroxylation is 1. The number of hydrogen-bond acceptors (Lipinski definition) is 3. The van der Waals surface area contributed by atoms with Crippen LogP contribution in [-0.2, 0) is 6.54 Å². The average Bonchev–Trinajstić information content (AvgIpc) is 3.08. The quantitative estimate of drug-likeness (QED) is 0.849. The first-order chi connectivity index (χ1) is 8.10. The van der Waals surface area contributed by atoms with Gasteiger partial charge in [0.15, 0.2) is 0 Å². The summed E-state index contributed by atoms with van der Waals surface area (Å²) in [5, 5.41) is 0. The summed E-state index contributed by atoms with van der Waals surface area (Å²) in [4.78, 5) is 7.06. The number of hydrogen-bond donors (Lipinski definition) is 1. The molecule has 1 aromatic heterocycles. The molecule has 1 fully saturated rings. The summed E-state index contributed by atoms with van der Waals surface area (Å²) in [5.41, 5.74) is 7.97. The van der Waals surface area contributed by atoms with Gasteiger partial charge in [-0.25, -0.2) is 4.98 Å². The number of anilines is 1. The molecule has 1 heterocycles. The third-order valence-corrected chi connectivity index (χ3v) is 3.30. The number of nitrogens with two attached hydrogens (primary N) is 1. The number of aromatic nitrogens is 1. The third-order valence-electron chi connectivity index (χ3n) is 3.30. The van der Waals surface area contributed by atoms with E-state index in [4.69, 9.17) is 5.73 Å². The van der Waals surface area contributed by atoms with Crippen molar-refractivity contribution in [3.8, 4) is 0 Å². The Bertz CT molecular complexity index is 383. The summed E-state index contributed by atoms with van der Waals surface area (Å²) >= 11 is 0. The minimum atomic E-state index is 0.496. The van der Waals surface area contributed by atoms with E-state index in [0.717, 1.165) is 24.0 Å². The van der Waals surface area contributed by atoms with Crippen LogP contribution in [0, 0.1) is 12.8 Å². The van der Waals surface area contributed by atoms with Crippen molar-refractivity contribution in [1.82, 2.24) is 4.98 Å². The zero-order valence-corrected chi connectivity index (χ0v) is 11.1. The van der Waals surface area contributed by atoms with Crippen molar-refractivity contribution >= 4 is 5.82 Å². The van der Waals surface area contributed by atoms with Crippen LogP contribution in [0.3, 0.4) is 0 Å². The van der Waals surface area contributed by atoms with Crippen LogP contribution in [-0.4, -0.2) is 17.6 Å². The summed E-state index contributed by atoms with van der Waals surface area (Å²) in [6.45, 7) is 8.23. The molecule has 0 radical (unpaired) electrons. The molecule has 0 amide bonds. The molecule has 0 saturated heterocycles. The van der Waals surface area contributed by atoms with Crippen LogP contribution in [0.4, 0.5) is 5.82 Å². The molecule has 2 N–H and O–H groups in total. The van der Waals surface area contributed by atoms with Crippen LogP contribution >= 0.6 is 0 Å². The molecular formula is C14H23N3. The van der Waals surface area contributed by atoms with Gasteiger partial charge >= 0.3 is 0 Å². The zero-order valence-electron chi connectivity index (χ0n) is 11.1. The molecule has 1 saturated carbocycles. The van der Waals surface area contributed by atoms with Crippen molar-refractivity contribution in [3.63, 3.8) is 0 Å². The van der Waals surface area contributed by atoms with Gasteiger partial charge in [0.2, 0.25) is 0 Å². The van der Waals surface area contributed by atoms with Crippen LogP contribution in [0.5, 0.6) is 0 Å². The Kier molecular flexibility index (Phi) is 3.67. The van der Waals surface area contributed by atoms with E-state index < -0.39 is 0 Å². The molecule has 1 aromatic rings. The third kappa shape index (κ3) is 3.19. The van der Waals surface area contributed by atoms with Gasteiger partial charge in [0.25, 0.3) is 0 Å². The molecule has 17 heavy (non-hydrogen) atoms. The van der Waals surface area contributed by atoms with Crippen LogP contribution in [0.2, 0.25) is 0 Å². The van der Waals surface area contributed by atoms with E-state index in [9.17, 15) is 0 Å². The highest BCUT2D eigenvalue weighted by molar-refractivity contribution is 5.43. The Morgan fingerprint density at radius 1 is 1.41 bits per heavy atom. The summed E-state index contributed by atoms with van der Waals surface area (Å²) in [5.74, 6) is 1.97. The number of pyridine rings is 1. The molecule has 2 rings (SSSR count). The summed E-state index contributed by atoms with van der Waals surface area (Å²) in [7, 11) is 0. The van der Waals surface area contributed by atoms with E-state index in [1.54, 1.807) is 0 Å². The largest absolute Gasteiger partial charge is 0.354 e. The first kappa shape index (κ1) is 12.4. The molecule has 0 spiro atoms. The first-order valence-electron chi connectivity index (χ1n) is 6.54. The molecule has 1 aliphatic carbocycles. The molecule has 0 aliphatic heterocycles. The lowest BCUT2D eigenvalue weighted by atomic mass is 10.2. The number of nitrogens with zero attached hydrogens (tertiary/aromatic N) is 2. The lowest BCUT2D eigenvalue weighted by Gasteiger charge is -2.28. The second-order valence-electron chi connectivity index (χ2n) is 5.37. The average molecular weight is 233 g/mol. The SMILES string of the molecule is Cc1cc(CN)cc(N(CC2CC2)C(C)C)n1. The van der Waals surface area contributed by atoms with Crippen molar-refractivity contribution in [2.24, 2.45) is 11.7 Å². The molecule has 3 heteroatoms. The maximum absolute atomic E-state index is 5.73. The van der Waals surface area contributed by atoms with Gasteiger partial charge in [0, 0.05) is 24.8 Å². The minimum absolute atomic E-state index is 0.496. The predicted molar refractivity (Wildman–Crippen MR) is 72.1 cm³/mol. The van der Waals surface area contributed by atoms with Gasteiger partial charge in [-0.2, -0.15) is 0 Å². The molecule has 94 valence electrons. The van der Waals surface area contributed by atoms with Crippen molar-refractivity contribution in [1.29, 1.82) is 0 Å². The minimum Gasteiger partial charge on any atom is -0.354 e. The van der Waals surface area contributed by atoms with Crippen LogP contribution in [0.15, 0.2) is 12.1 Å². The molecule has 0 unspecified atom stereocenters. The van der Waals surface area contributed by atoms with Crippen molar-refractivity contribution in [2.75, 3.05) is 11.4 Å². The molecular weight excluding hydrogens is 210 g/mol. The predicted octanol–water partition coefficient (Wildman–Crippen LogP) is 2.47. The molecule has 1 aliphatic rings. The topological polar surface area (TPSA) is 42.1 Å². The molecule has 0 atom stereocenters. The monoisotopic (exact) mass is 233 g/mol. The van der Waals surface area contributed by atoms with E-state index in [1.807, 2.05) is 6.92 Å². The highest BCUT2D eigenvalue weighted by atomic mass is 15.2. The molecule has 0 aromatic carbocycles. The summed E-state index contributed by atoms with van der Waals surface area (Å²) in [6.07, 6.45) is 2.75. The fourth-order valence-electron chi connectivity index (χ4n) is 2.13. The van der Waals surface area contributed by atoms with E-state index in [-0.39, 0.29) is 0 Å². The summed E-state index contributed by atoms with van der Waals surface area (Å²) in [6, 6.07) is 4.70. The molecule has 3 nitrogen and oxygen atoms in total. The Balaban J connectivity index is 2.23. The Morgan fingerprint density at radius 2 is 2.12 bits per heavy atom. The number of rotatable bonds is 5. The second kappa shape index (κ2) is 5.05. The van der Waals surface area contributed by atoms with Gasteiger partial charge in [-0.15, -0.1) is 0 Å². The van der Waals surface area contributed by atoms with E-state index in [2.05, 4.69) is 35.9 Å². The first-order valence-corrected chi connectivity index (χ1v) is 6.54. The highest BCUT2D eigenvalue weighted by Gasteiger charge is 2.26. The molecule has 0 bridgehead atoms. The van der Waals surface area contributed by atoms with Gasteiger partial charge in [-0.1, -0.05) is 0 Å². The Morgan fingerprint density at radius 3 is 2.65 bits per heavy atom. The van der Waals surface area contributed by atoms with Crippen LogP contribution in [0.25, 0.3) is 0 Å². The van der Waals surface area contributed by atoms with Crippen molar-refractivity contribution < 1.29 is 0 Å². The fraction of sp³-hybridized carbons (Fsp3) is 0.643. The van der Waals surface area contributed by atoms with E-state index in [0.29, 0.717) is 12.6 Å². The fourth-order valence-corrected chi connectivity index (χ4v) is 2.13.